The van der Waals surface area contributed by atoms with Crippen LogP contribution in [0.4, 0.5) is 0 Å². The Morgan fingerprint density at radius 1 is 1.33 bits per heavy atom. The van der Waals surface area contributed by atoms with Crippen LogP contribution in [-0.4, -0.2) is 25.8 Å². The Morgan fingerprint density at radius 2 is 2.06 bits per heavy atom. The van der Waals surface area contributed by atoms with Crippen LogP contribution in [0.25, 0.3) is 0 Å². The van der Waals surface area contributed by atoms with Crippen molar-refractivity contribution in [3.63, 3.8) is 0 Å². The number of benzene rings is 1. The van der Waals surface area contributed by atoms with Crippen molar-refractivity contribution in [2.45, 2.75) is 26.4 Å². The van der Waals surface area contributed by atoms with E-state index in [1.165, 1.54) is 0 Å². The summed E-state index contributed by atoms with van der Waals surface area (Å²) < 4.78 is 11.5. The van der Waals surface area contributed by atoms with Gasteiger partial charge < -0.3 is 14.8 Å². The van der Waals surface area contributed by atoms with Gasteiger partial charge in [0.15, 0.2) is 11.5 Å². The Morgan fingerprint density at radius 3 is 2.72 bits per heavy atom. The van der Waals surface area contributed by atoms with Crippen molar-refractivity contribution in [2.75, 3.05) is 19.7 Å². The summed E-state index contributed by atoms with van der Waals surface area (Å²) in [4.78, 5) is 0. The summed E-state index contributed by atoms with van der Waals surface area (Å²) in [6.45, 7) is 6.05. The number of ether oxygens (including phenoxy) is 2. The highest BCUT2D eigenvalue weighted by Crippen LogP contribution is 2.27. The molecule has 0 fully saturated rings. The van der Waals surface area contributed by atoms with Crippen LogP contribution in [0.2, 0.25) is 0 Å². The van der Waals surface area contributed by atoms with Crippen LogP contribution < -0.4 is 14.8 Å². The van der Waals surface area contributed by atoms with Crippen molar-refractivity contribution in [3.8, 4) is 23.8 Å². The second-order valence-electron chi connectivity index (χ2n) is 4.06. The Hall–Kier alpha value is -1.66. The van der Waals surface area contributed by atoms with Crippen molar-refractivity contribution < 1.29 is 9.47 Å². The highest BCUT2D eigenvalue weighted by atomic mass is 16.5. The minimum absolute atomic E-state index is 0.0460. The van der Waals surface area contributed by atoms with Crippen LogP contribution in [-0.2, 0) is 0 Å². The molecule has 0 saturated carbocycles. The monoisotopic (exact) mass is 247 g/mol. The lowest BCUT2D eigenvalue weighted by Crippen LogP contribution is -2.29. The molecule has 0 bridgehead atoms. The van der Waals surface area contributed by atoms with E-state index in [0.717, 1.165) is 17.9 Å². The average Bonchev–Trinajstić information content (AvgIpc) is 2.38. The average molecular weight is 247 g/mol. The molecule has 0 radical (unpaired) electrons. The highest BCUT2D eigenvalue weighted by molar-refractivity contribution is 5.39. The van der Waals surface area contributed by atoms with Gasteiger partial charge in [-0.2, -0.15) is 0 Å². The first kappa shape index (κ1) is 14.4. The molecule has 1 rings (SSSR count). The van der Waals surface area contributed by atoms with E-state index < -0.39 is 0 Å². The molecular formula is C15H21NO2. The SMILES string of the molecule is C#CCNCC(C)Oc1ccccc1OCCC. The van der Waals surface area contributed by atoms with Crippen LogP contribution in [0.3, 0.4) is 0 Å². The molecule has 1 N–H and O–H groups in total. The lowest BCUT2D eigenvalue weighted by molar-refractivity contribution is 0.203. The molecule has 1 atom stereocenters. The van der Waals surface area contributed by atoms with Gasteiger partial charge in [0, 0.05) is 6.54 Å². The summed E-state index contributed by atoms with van der Waals surface area (Å²) in [5.74, 6) is 4.11. The molecule has 0 aliphatic carbocycles. The van der Waals surface area contributed by atoms with Gasteiger partial charge in [-0.05, 0) is 25.5 Å². The number of hydrogen-bond donors (Lipinski definition) is 1. The number of hydrogen-bond acceptors (Lipinski definition) is 3. The van der Waals surface area contributed by atoms with E-state index >= 15 is 0 Å². The number of terminal acetylenes is 1. The van der Waals surface area contributed by atoms with Crippen molar-refractivity contribution >= 4 is 0 Å². The zero-order chi connectivity index (χ0) is 13.2. The summed E-state index contributed by atoms with van der Waals surface area (Å²) >= 11 is 0. The van der Waals surface area contributed by atoms with E-state index in [0.29, 0.717) is 19.7 Å². The highest BCUT2D eigenvalue weighted by Gasteiger charge is 2.08. The van der Waals surface area contributed by atoms with E-state index in [2.05, 4.69) is 18.2 Å². The Kier molecular flexibility index (Phi) is 6.75. The fourth-order valence-electron chi connectivity index (χ4n) is 1.48. The molecule has 98 valence electrons. The van der Waals surface area contributed by atoms with Gasteiger partial charge in [-0.25, -0.2) is 0 Å². The van der Waals surface area contributed by atoms with Gasteiger partial charge in [0.2, 0.25) is 0 Å². The molecule has 18 heavy (non-hydrogen) atoms. The molecule has 0 spiro atoms. The van der Waals surface area contributed by atoms with E-state index in [1.54, 1.807) is 0 Å². The maximum absolute atomic E-state index is 5.83. The van der Waals surface area contributed by atoms with Gasteiger partial charge in [-0.1, -0.05) is 25.0 Å². The first-order valence-corrected chi connectivity index (χ1v) is 6.30. The van der Waals surface area contributed by atoms with E-state index in [1.807, 2.05) is 31.2 Å². The van der Waals surface area contributed by atoms with Gasteiger partial charge in [0.1, 0.15) is 6.10 Å². The first-order chi connectivity index (χ1) is 8.77. The molecule has 3 nitrogen and oxygen atoms in total. The maximum atomic E-state index is 5.83. The molecule has 0 aliphatic rings. The van der Waals surface area contributed by atoms with Crippen LogP contribution >= 0.6 is 0 Å². The number of para-hydroxylation sites is 2. The maximum Gasteiger partial charge on any atom is 0.161 e. The van der Waals surface area contributed by atoms with Gasteiger partial charge in [0.05, 0.1) is 13.2 Å². The zero-order valence-corrected chi connectivity index (χ0v) is 11.1. The first-order valence-electron chi connectivity index (χ1n) is 6.30. The molecular weight excluding hydrogens is 226 g/mol. The smallest absolute Gasteiger partial charge is 0.161 e. The molecule has 1 unspecified atom stereocenters. The fraction of sp³-hybridized carbons (Fsp3) is 0.467. The van der Waals surface area contributed by atoms with E-state index in [9.17, 15) is 0 Å². The molecule has 0 heterocycles. The predicted octanol–water partition coefficient (Wildman–Crippen LogP) is 2.47. The summed E-state index contributed by atoms with van der Waals surface area (Å²) in [5, 5.41) is 3.12. The van der Waals surface area contributed by atoms with E-state index in [-0.39, 0.29) is 6.10 Å². The fourth-order valence-corrected chi connectivity index (χ4v) is 1.48. The Balaban J connectivity index is 2.52. The second-order valence-corrected chi connectivity index (χ2v) is 4.06. The van der Waals surface area contributed by atoms with Crippen molar-refractivity contribution in [1.82, 2.24) is 5.32 Å². The van der Waals surface area contributed by atoms with E-state index in [4.69, 9.17) is 15.9 Å². The third kappa shape index (κ3) is 5.11. The lowest BCUT2D eigenvalue weighted by atomic mass is 10.3. The third-order valence-corrected chi connectivity index (χ3v) is 2.30. The van der Waals surface area contributed by atoms with Crippen LogP contribution in [0.5, 0.6) is 11.5 Å². The molecule has 1 aromatic carbocycles. The van der Waals surface area contributed by atoms with Crippen LogP contribution in [0.15, 0.2) is 24.3 Å². The zero-order valence-electron chi connectivity index (χ0n) is 11.1. The summed E-state index contributed by atoms with van der Waals surface area (Å²) in [5.41, 5.74) is 0. The number of nitrogens with one attached hydrogen (secondary N) is 1. The van der Waals surface area contributed by atoms with Crippen LogP contribution in [0.1, 0.15) is 20.3 Å². The standard InChI is InChI=1S/C15H21NO2/c1-4-10-16-12-13(3)18-15-9-7-6-8-14(15)17-11-5-2/h1,6-9,13,16H,5,10-12H2,2-3H3. The minimum atomic E-state index is 0.0460. The Bertz CT molecular complexity index is 384. The van der Waals surface area contributed by atoms with Crippen LogP contribution in [0, 0.1) is 12.3 Å². The molecule has 0 saturated heterocycles. The topological polar surface area (TPSA) is 30.5 Å². The largest absolute Gasteiger partial charge is 0.490 e. The Labute approximate surface area is 109 Å². The summed E-state index contributed by atoms with van der Waals surface area (Å²) in [6.07, 6.45) is 6.20. The molecule has 3 heteroatoms. The minimum Gasteiger partial charge on any atom is -0.490 e. The molecule has 0 amide bonds. The van der Waals surface area contributed by atoms with Crippen molar-refractivity contribution in [1.29, 1.82) is 0 Å². The lowest BCUT2D eigenvalue weighted by Gasteiger charge is -2.17. The van der Waals surface area contributed by atoms with Gasteiger partial charge in [-0.3, -0.25) is 0 Å². The van der Waals surface area contributed by atoms with Gasteiger partial charge >= 0.3 is 0 Å². The van der Waals surface area contributed by atoms with Gasteiger partial charge in [0.25, 0.3) is 0 Å². The molecule has 0 aliphatic heterocycles. The summed E-state index contributed by atoms with van der Waals surface area (Å²) in [7, 11) is 0. The molecule has 0 aromatic heterocycles. The van der Waals surface area contributed by atoms with Gasteiger partial charge in [-0.15, -0.1) is 6.42 Å². The normalized spacial score (nSPS) is 11.6. The van der Waals surface area contributed by atoms with Crippen molar-refractivity contribution in [2.24, 2.45) is 0 Å². The second kappa shape index (κ2) is 8.43. The number of rotatable bonds is 8. The third-order valence-electron chi connectivity index (χ3n) is 2.30. The molecule has 1 aromatic rings. The van der Waals surface area contributed by atoms with Crippen molar-refractivity contribution in [3.05, 3.63) is 24.3 Å². The summed E-state index contributed by atoms with van der Waals surface area (Å²) in [6, 6.07) is 7.73. The quantitative estimate of drug-likeness (QED) is 0.565. The predicted molar refractivity (Wildman–Crippen MR) is 74.0 cm³/mol.